The van der Waals surface area contributed by atoms with Gasteiger partial charge < -0.3 is 14.8 Å². The number of piperidine rings is 1. The first-order chi connectivity index (χ1) is 15.6. The third-order valence-electron chi connectivity index (χ3n) is 7.18. The lowest BCUT2D eigenvalue weighted by molar-refractivity contribution is -0.134. The maximum atomic E-state index is 13.2. The van der Waals surface area contributed by atoms with Crippen LogP contribution >= 0.6 is 0 Å². The van der Waals surface area contributed by atoms with Crippen LogP contribution in [0.4, 0.5) is 0 Å². The Labute approximate surface area is 190 Å². The fourth-order valence-electron chi connectivity index (χ4n) is 5.26. The first-order valence-corrected chi connectivity index (χ1v) is 11.8. The molecule has 0 radical (unpaired) electrons. The minimum Gasteiger partial charge on any atom is -0.357 e. The highest BCUT2D eigenvalue weighted by Crippen LogP contribution is 2.40. The van der Waals surface area contributed by atoms with Crippen LogP contribution in [0.1, 0.15) is 30.0 Å². The van der Waals surface area contributed by atoms with E-state index in [9.17, 15) is 4.79 Å². The van der Waals surface area contributed by atoms with E-state index in [2.05, 4.69) is 69.0 Å². The molecule has 5 rings (SSSR count). The summed E-state index contributed by atoms with van der Waals surface area (Å²) in [5, 5.41) is 1.26. The number of aromatic nitrogens is 2. The van der Waals surface area contributed by atoms with Crippen LogP contribution in [0.5, 0.6) is 0 Å². The molecule has 1 atom stereocenters. The first-order valence-electron chi connectivity index (χ1n) is 11.8. The second kappa shape index (κ2) is 9.04. The van der Waals surface area contributed by atoms with Crippen LogP contribution in [-0.2, 0) is 4.79 Å². The molecular weight excluding hydrogens is 398 g/mol. The molecule has 1 aromatic carbocycles. The first kappa shape index (κ1) is 21.2. The van der Waals surface area contributed by atoms with Gasteiger partial charge in [0.25, 0.3) is 0 Å². The summed E-state index contributed by atoms with van der Waals surface area (Å²) in [6.07, 6.45) is 5.87. The Balaban J connectivity index is 1.41. The molecule has 1 N–H and O–H groups in total. The number of aryl methyl sites for hydroxylation is 1. The molecule has 6 heteroatoms. The lowest BCUT2D eigenvalue weighted by Crippen LogP contribution is -2.50. The summed E-state index contributed by atoms with van der Waals surface area (Å²) in [5.41, 5.74) is 6.17. The van der Waals surface area contributed by atoms with Crippen LogP contribution < -0.4 is 0 Å². The normalized spacial score (nSPS) is 20.7. The summed E-state index contributed by atoms with van der Waals surface area (Å²) in [5.74, 6) is 0.590. The average Bonchev–Trinajstić information content (AvgIpc) is 3.22. The van der Waals surface area contributed by atoms with Crippen molar-refractivity contribution in [3.05, 3.63) is 54.0 Å². The number of nitrogens with zero attached hydrogens (tertiary/aromatic N) is 4. The van der Waals surface area contributed by atoms with Gasteiger partial charge in [0.2, 0.25) is 5.91 Å². The Morgan fingerprint density at radius 1 is 1.09 bits per heavy atom. The summed E-state index contributed by atoms with van der Waals surface area (Å²) in [7, 11) is 2.15. The molecule has 0 bridgehead atoms. The van der Waals surface area contributed by atoms with E-state index >= 15 is 0 Å². The number of hydrogen-bond donors (Lipinski definition) is 1. The number of para-hydroxylation sites is 1. The lowest BCUT2D eigenvalue weighted by atomic mass is 9.89. The van der Waals surface area contributed by atoms with Gasteiger partial charge in [-0.25, -0.2) is 0 Å². The molecule has 32 heavy (non-hydrogen) atoms. The smallest absolute Gasteiger partial charge is 0.236 e. The number of pyridine rings is 1. The number of amides is 1. The number of aromatic amines is 1. The third kappa shape index (κ3) is 4.17. The van der Waals surface area contributed by atoms with Crippen molar-refractivity contribution in [2.24, 2.45) is 0 Å². The minimum absolute atomic E-state index is 0.275. The van der Waals surface area contributed by atoms with E-state index in [1.807, 2.05) is 12.4 Å². The maximum Gasteiger partial charge on any atom is 0.236 e. The molecule has 168 valence electrons. The predicted octanol–water partition coefficient (Wildman–Crippen LogP) is 3.49. The van der Waals surface area contributed by atoms with Crippen molar-refractivity contribution in [2.75, 3.05) is 52.9 Å². The molecule has 0 aliphatic carbocycles. The van der Waals surface area contributed by atoms with E-state index in [1.165, 1.54) is 33.3 Å². The van der Waals surface area contributed by atoms with E-state index in [0.717, 1.165) is 52.1 Å². The topological polar surface area (TPSA) is 55.5 Å². The van der Waals surface area contributed by atoms with Crippen LogP contribution in [0, 0.1) is 6.92 Å². The Morgan fingerprint density at radius 3 is 2.66 bits per heavy atom. The van der Waals surface area contributed by atoms with Crippen molar-refractivity contribution >= 4 is 16.8 Å². The number of carbonyl (C=O) groups excluding carboxylic acids is 1. The molecule has 2 saturated heterocycles. The van der Waals surface area contributed by atoms with E-state index < -0.39 is 0 Å². The molecule has 4 heterocycles. The van der Waals surface area contributed by atoms with Gasteiger partial charge in [0.15, 0.2) is 0 Å². The second-order valence-corrected chi connectivity index (χ2v) is 9.41. The summed E-state index contributed by atoms with van der Waals surface area (Å²) in [4.78, 5) is 27.9. The van der Waals surface area contributed by atoms with Crippen LogP contribution in [0.2, 0.25) is 0 Å². The van der Waals surface area contributed by atoms with Gasteiger partial charge in [-0.1, -0.05) is 18.2 Å². The number of benzene rings is 1. The highest BCUT2D eigenvalue weighted by atomic mass is 16.2. The molecule has 2 aromatic heterocycles. The number of hydrogen-bond acceptors (Lipinski definition) is 4. The van der Waals surface area contributed by atoms with Gasteiger partial charge in [-0.3, -0.25) is 14.7 Å². The van der Waals surface area contributed by atoms with Gasteiger partial charge in [-0.05, 0) is 50.1 Å². The highest BCUT2D eigenvalue weighted by molar-refractivity contribution is 5.99. The summed E-state index contributed by atoms with van der Waals surface area (Å²) >= 11 is 0. The van der Waals surface area contributed by atoms with Gasteiger partial charge in [0.1, 0.15) is 0 Å². The predicted molar refractivity (Wildman–Crippen MR) is 129 cm³/mol. The zero-order valence-corrected chi connectivity index (χ0v) is 19.2. The molecule has 2 aliphatic heterocycles. The van der Waals surface area contributed by atoms with Crippen LogP contribution in [0.25, 0.3) is 22.0 Å². The monoisotopic (exact) mass is 431 g/mol. The number of rotatable bonds is 4. The Morgan fingerprint density at radius 2 is 1.88 bits per heavy atom. The number of nitrogens with one attached hydrogen (secondary N) is 1. The fraction of sp³-hybridized carbons (Fsp3) is 0.462. The Hall–Kier alpha value is -2.70. The van der Waals surface area contributed by atoms with E-state index in [0.29, 0.717) is 12.5 Å². The van der Waals surface area contributed by atoms with Gasteiger partial charge in [-0.15, -0.1) is 0 Å². The van der Waals surface area contributed by atoms with E-state index in [1.54, 1.807) is 0 Å². The molecule has 0 saturated carbocycles. The van der Waals surface area contributed by atoms with Crippen LogP contribution in [-0.4, -0.2) is 83.4 Å². The molecule has 2 aliphatic rings. The van der Waals surface area contributed by atoms with Crippen molar-refractivity contribution in [1.82, 2.24) is 24.7 Å². The number of piperazine rings is 1. The van der Waals surface area contributed by atoms with Gasteiger partial charge in [0.05, 0.1) is 6.54 Å². The maximum absolute atomic E-state index is 13.2. The summed E-state index contributed by atoms with van der Waals surface area (Å²) in [6.45, 7) is 8.40. The van der Waals surface area contributed by atoms with Gasteiger partial charge in [-0.2, -0.15) is 0 Å². The minimum atomic E-state index is 0.275. The van der Waals surface area contributed by atoms with Crippen molar-refractivity contribution in [3.8, 4) is 11.1 Å². The van der Waals surface area contributed by atoms with Crippen LogP contribution in [0.15, 0.2) is 42.7 Å². The lowest BCUT2D eigenvalue weighted by Gasteiger charge is -2.36. The van der Waals surface area contributed by atoms with Crippen molar-refractivity contribution in [2.45, 2.75) is 25.7 Å². The van der Waals surface area contributed by atoms with Gasteiger partial charge in [0, 0.05) is 79.7 Å². The van der Waals surface area contributed by atoms with Crippen molar-refractivity contribution in [1.29, 1.82) is 0 Å². The standard InChI is InChI=1S/C26H33N5O/c1-19-5-3-7-22-24(20-8-10-27-11-9-20)26(28-25(19)22)21-6-4-12-31(17-21)23(32)18-30-15-13-29(2)14-16-30/h3,5,7-11,21,28H,4,6,12-18H2,1-2H3/t21-/m1/s1. The zero-order valence-electron chi connectivity index (χ0n) is 19.2. The third-order valence-corrected chi connectivity index (χ3v) is 7.18. The number of likely N-dealkylation sites (tertiary alicyclic amines) is 1. The van der Waals surface area contributed by atoms with Crippen molar-refractivity contribution in [3.63, 3.8) is 0 Å². The number of H-pyrrole nitrogens is 1. The number of likely N-dealkylation sites (N-methyl/N-ethyl adjacent to an activating group) is 1. The molecule has 0 unspecified atom stereocenters. The average molecular weight is 432 g/mol. The SMILES string of the molecule is Cc1cccc2c(-c3ccncc3)c([C@@H]3CCCN(C(=O)CN4CCN(C)CC4)C3)[nH]c12. The molecule has 2 fully saturated rings. The van der Waals surface area contributed by atoms with E-state index in [-0.39, 0.29) is 5.91 Å². The highest BCUT2D eigenvalue weighted by Gasteiger charge is 2.30. The molecule has 0 spiro atoms. The molecule has 3 aromatic rings. The molecular formula is C26H33N5O. The number of fused-ring (bicyclic) bond motifs is 1. The van der Waals surface area contributed by atoms with Crippen LogP contribution in [0.3, 0.4) is 0 Å². The largest absolute Gasteiger partial charge is 0.357 e. The molecule has 1 amide bonds. The summed E-state index contributed by atoms with van der Waals surface area (Å²) < 4.78 is 0. The summed E-state index contributed by atoms with van der Waals surface area (Å²) in [6, 6.07) is 10.7. The fourth-order valence-corrected chi connectivity index (χ4v) is 5.26. The van der Waals surface area contributed by atoms with Gasteiger partial charge >= 0.3 is 0 Å². The Kier molecular flexibility index (Phi) is 5.98. The van der Waals surface area contributed by atoms with E-state index in [4.69, 9.17) is 0 Å². The zero-order chi connectivity index (χ0) is 22.1. The quantitative estimate of drug-likeness (QED) is 0.687. The Bertz CT molecular complexity index is 1080. The molecule has 6 nitrogen and oxygen atoms in total. The number of carbonyl (C=O) groups is 1. The second-order valence-electron chi connectivity index (χ2n) is 9.41. The van der Waals surface area contributed by atoms with Crippen molar-refractivity contribution < 1.29 is 4.79 Å².